The molecule has 0 saturated carbocycles. The molecule has 176 valence electrons. The van der Waals surface area contributed by atoms with Gasteiger partial charge in [0, 0.05) is 60.7 Å². The molecule has 1 aliphatic rings. The summed E-state index contributed by atoms with van der Waals surface area (Å²) in [5.41, 5.74) is 4.40. The normalized spacial score (nSPS) is 17.6. The lowest BCUT2D eigenvalue weighted by molar-refractivity contribution is -0.0579. The lowest BCUT2D eigenvalue weighted by Crippen LogP contribution is -2.42. The molecular formula is C27H26ClF2N3O. The van der Waals surface area contributed by atoms with Crippen LogP contribution in [0.3, 0.4) is 0 Å². The van der Waals surface area contributed by atoms with Gasteiger partial charge in [-0.3, -0.25) is 4.98 Å². The zero-order valence-corrected chi connectivity index (χ0v) is 19.6. The van der Waals surface area contributed by atoms with E-state index in [0.29, 0.717) is 28.4 Å². The molecule has 2 heterocycles. The minimum Gasteiger partial charge on any atom is -0.388 e. The van der Waals surface area contributed by atoms with E-state index in [1.807, 2.05) is 48.2 Å². The summed E-state index contributed by atoms with van der Waals surface area (Å²) in [5.74, 6) is -3.04. The zero-order chi connectivity index (χ0) is 24.3. The fourth-order valence-corrected chi connectivity index (χ4v) is 4.81. The number of likely N-dealkylation sites (tertiary alicyclic amines) is 1. The average Bonchev–Trinajstić information content (AvgIpc) is 2.82. The Labute approximate surface area is 203 Å². The number of pyridine rings is 1. The van der Waals surface area contributed by atoms with Crippen molar-refractivity contribution >= 4 is 11.6 Å². The van der Waals surface area contributed by atoms with E-state index in [4.69, 9.17) is 11.6 Å². The maximum atomic E-state index is 13.7. The third-order valence-electron chi connectivity index (χ3n) is 6.36. The molecule has 1 N–H and O–H groups in total. The Balaban J connectivity index is 1.71. The second kappa shape index (κ2) is 10.2. The largest absolute Gasteiger partial charge is 0.388 e. The van der Waals surface area contributed by atoms with Crippen molar-refractivity contribution in [2.24, 2.45) is 0 Å². The lowest BCUT2D eigenvalue weighted by Gasteiger charge is -2.36. The minimum atomic E-state index is -2.64. The predicted octanol–water partition coefficient (Wildman–Crippen LogP) is 6.13. The van der Waals surface area contributed by atoms with Crippen LogP contribution in [0, 0.1) is 18.3 Å². The number of halogens is 3. The maximum absolute atomic E-state index is 13.7. The summed E-state index contributed by atoms with van der Waals surface area (Å²) in [4.78, 5) is 6.52. The Bertz CT molecular complexity index is 1160. The number of piperidine rings is 1. The molecule has 7 heteroatoms. The molecule has 0 radical (unpaired) electrons. The van der Waals surface area contributed by atoms with Gasteiger partial charge in [0.2, 0.25) is 0 Å². The number of nitrogens with zero attached hydrogens (tertiary/aromatic N) is 3. The van der Waals surface area contributed by atoms with Gasteiger partial charge in [-0.25, -0.2) is 8.78 Å². The first kappa shape index (κ1) is 24.3. The van der Waals surface area contributed by atoms with Gasteiger partial charge in [-0.15, -0.1) is 0 Å². The first-order valence-corrected chi connectivity index (χ1v) is 11.6. The maximum Gasteiger partial charge on any atom is 0.250 e. The summed E-state index contributed by atoms with van der Waals surface area (Å²) in [6, 6.07) is 18.4. The van der Waals surface area contributed by atoms with Crippen molar-refractivity contribution in [2.45, 2.75) is 37.7 Å². The molecule has 4 nitrogen and oxygen atoms in total. The number of nitriles is 1. The SMILES string of the molecule is Cc1cc(Cl)cc(-c2ncccc2[C@@H](O)[C@@H](CN2CCC(F)(F)CC2)c2ccc(C#N)cc2)c1. The molecule has 3 aromatic rings. The number of aliphatic hydroxyl groups is 1. The molecular weight excluding hydrogens is 456 g/mol. The molecule has 0 unspecified atom stereocenters. The fourth-order valence-electron chi connectivity index (χ4n) is 4.52. The minimum absolute atomic E-state index is 0.191. The van der Waals surface area contributed by atoms with Crippen LogP contribution in [0.25, 0.3) is 11.3 Å². The van der Waals surface area contributed by atoms with Crippen LogP contribution in [-0.4, -0.2) is 40.5 Å². The Morgan fingerprint density at radius 1 is 1.15 bits per heavy atom. The van der Waals surface area contributed by atoms with Gasteiger partial charge < -0.3 is 10.0 Å². The molecule has 0 aliphatic carbocycles. The number of rotatable bonds is 6. The molecule has 1 aliphatic heterocycles. The molecule has 4 rings (SSSR count). The van der Waals surface area contributed by atoms with Crippen LogP contribution in [0.1, 0.15) is 47.1 Å². The number of aliphatic hydroxyl groups excluding tert-OH is 1. The van der Waals surface area contributed by atoms with Crippen molar-refractivity contribution in [1.82, 2.24) is 9.88 Å². The van der Waals surface area contributed by atoms with Crippen molar-refractivity contribution < 1.29 is 13.9 Å². The number of alkyl halides is 2. The topological polar surface area (TPSA) is 60.2 Å². The Morgan fingerprint density at radius 3 is 2.50 bits per heavy atom. The highest BCUT2D eigenvalue weighted by atomic mass is 35.5. The van der Waals surface area contributed by atoms with E-state index in [1.54, 1.807) is 24.4 Å². The van der Waals surface area contributed by atoms with Crippen LogP contribution in [-0.2, 0) is 0 Å². The lowest BCUT2D eigenvalue weighted by atomic mass is 9.86. The molecule has 1 aromatic heterocycles. The molecule has 0 spiro atoms. The van der Waals surface area contributed by atoms with Gasteiger partial charge in [0.1, 0.15) is 0 Å². The van der Waals surface area contributed by atoms with E-state index >= 15 is 0 Å². The van der Waals surface area contributed by atoms with Gasteiger partial charge in [0.15, 0.2) is 0 Å². The Morgan fingerprint density at radius 2 is 1.85 bits per heavy atom. The number of aryl methyl sites for hydroxylation is 1. The van der Waals surface area contributed by atoms with Crippen molar-refractivity contribution in [1.29, 1.82) is 5.26 Å². The number of benzene rings is 2. The van der Waals surface area contributed by atoms with Crippen molar-refractivity contribution in [3.05, 3.63) is 88.1 Å². The summed E-state index contributed by atoms with van der Waals surface area (Å²) in [6.45, 7) is 2.88. The molecule has 0 amide bonds. The molecule has 1 fully saturated rings. The highest BCUT2D eigenvalue weighted by Gasteiger charge is 2.36. The molecule has 1 saturated heterocycles. The quantitative estimate of drug-likeness (QED) is 0.460. The average molecular weight is 482 g/mol. The Hall–Kier alpha value is -2.85. The summed E-state index contributed by atoms with van der Waals surface area (Å²) in [7, 11) is 0. The zero-order valence-electron chi connectivity index (χ0n) is 18.9. The highest BCUT2D eigenvalue weighted by Crippen LogP contribution is 2.38. The second-order valence-electron chi connectivity index (χ2n) is 8.90. The van der Waals surface area contributed by atoms with E-state index in [0.717, 1.165) is 16.7 Å². The Kier molecular flexibility index (Phi) is 7.27. The summed E-state index contributed by atoms with van der Waals surface area (Å²) < 4.78 is 27.5. The molecule has 2 atom stereocenters. The number of aromatic nitrogens is 1. The molecule has 2 aromatic carbocycles. The van der Waals surface area contributed by atoms with Crippen molar-refractivity contribution in [2.75, 3.05) is 19.6 Å². The summed E-state index contributed by atoms with van der Waals surface area (Å²) in [6.07, 6.45) is 0.343. The van der Waals surface area contributed by atoms with Gasteiger partial charge >= 0.3 is 0 Å². The van der Waals surface area contributed by atoms with Crippen molar-refractivity contribution in [3.63, 3.8) is 0 Å². The first-order valence-electron chi connectivity index (χ1n) is 11.3. The fraction of sp³-hybridized carbons (Fsp3) is 0.333. The standard InChI is InChI=1S/C27H26ClF2N3O/c1-18-13-21(15-22(28)14-18)25-23(3-2-10-32-25)26(34)24(20-6-4-19(16-31)5-7-20)17-33-11-8-27(29,30)9-12-33/h2-7,10,13-15,24,26,34H,8-9,11-12,17H2,1H3/t24-,26+/m0/s1. The third-order valence-corrected chi connectivity index (χ3v) is 6.58. The van der Waals surface area contributed by atoms with Crippen LogP contribution in [0.15, 0.2) is 60.8 Å². The number of hydrogen-bond acceptors (Lipinski definition) is 4. The molecule has 34 heavy (non-hydrogen) atoms. The van der Waals surface area contributed by atoms with Crippen molar-refractivity contribution in [3.8, 4) is 17.3 Å². The van der Waals surface area contributed by atoms with Gasteiger partial charge in [-0.05, 0) is 54.4 Å². The van der Waals surface area contributed by atoms with E-state index in [9.17, 15) is 19.1 Å². The van der Waals surface area contributed by atoms with E-state index in [2.05, 4.69) is 11.1 Å². The van der Waals surface area contributed by atoms with Gasteiger partial charge in [0.25, 0.3) is 5.92 Å². The van der Waals surface area contributed by atoms with Crippen LogP contribution in [0.4, 0.5) is 8.78 Å². The summed E-state index contributed by atoms with van der Waals surface area (Å²) in [5, 5.41) is 21.4. The van der Waals surface area contributed by atoms with E-state index in [1.165, 1.54) is 0 Å². The van der Waals surface area contributed by atoms with Crippen LogP contribution in [0.2, 0.25) is 5.02 Å². The van der Waals surface area contributed by atoms with E-state index in [-0.39, 0.29) is 25.9 Å². The predicted molar refractivity (Wildman–Crippen MR) is 129 cm³/mol. The molecule has 0 bridgehead atoms. The monoisotopic (exact) mass is 481 g/mol. The van der Waals surface area contributed by atoms with Gasteiger partial charge in [0.05, 0.1) is 23.4 Å². The smallest absolute Gasteiger partial charge is 0.250 e. The second-order valence-corrected chi connectivity index (χ2v) is 9.34. The van der Waals surface area contributed by atoms with Crippen LogP contribution < -0.4 is 0 Å². The van der Waals surface area contributed by atoms with Crippen LogP contribution in [0.5, 0.6) is 0 Å². The van der Waals surface area contributed by atoms with Gasteiger partial charge in [-0.1, -0.05) is 29.8 Å². The third kappa shape index (κ3) is 5.61. The summed E-state index contributed by atoms with van der Waals surface area (Å²) >= 11 is 6.29. The van der Waals surface area contributed by atoms with Gasteiger partial charge in [-0.2, -0.15) is 5.26 Å². The number of hydrogen-bond donors (Lipinski definition) is 1. The van der Waals surface area contributed by atoms with Crippen LogP contribution >= 0.6 is 11.6 Å². The van der Waals surface area contributed by atoms with E-state index < -0.39 is 17.9 Å². The first-order chi connectivity index (χ1) is 16.3. The highest BCUT2D eigenvalue weighted by molar-refractivity contribution is 6.30.